The summed E-state index contributed by atoms with van der Waals surface area (Å²) in [4.78, 5) is 24.4. The van der Waals surface area contributed by atoms with Gasteiger partial charge >= 0.3 is 5.97 Å². The zero-order chi connectivity index (χ0) is 15.6. The van der Waals surface area contributed by atoms with Crippen molar-refractivity contribution in [3.8, 4) is 0 Å². The summed E-state index contributed by atoms with van der Waals surface area (Å²) in [6.45, 7) is 2.42. The molecule has 1 atom stereocenters. The van der Waals surface area contributed by atoms with Crippen LogP contribution in [0.25, 0.3) is 6.08 Å². The average Bonchev–Trinajstić information content (AvgIpc) is 2.70. The number of aromatic nitrogens is 2. The van der Waals surface area contributed by atoms with E-state index in [0.717, 1.165) is 5.69 Å². The van der Waals surface area contributed by atoms with Gasteiger partial charge in [-0.2, -0.15) is 5.10 Å². The highest BCUT2D eigenvalue weighted by Crippen LogP contribution is 2.20. The lowest BCUT2D eigenvalue weighted by Gasteiger charge is -2.30. The first-order chi connectivity index (χ1) is 9.90. The first kappa shape index (κ1) is 15.5. The molecule has 114 valence electrons. The summed E-state index contributed by atoms with van der Waals surface area (Å²) in [7, 11) is 1.72. The minimum absolute atomic E-state index is 0.0399. The third-order valence-electron chi connectivity index (χ3n) is 3.24. The first-order valence-corrected chi connectivity index (χ1v) is 6.78. The Bertz CT molecular complexity index is 596. The Morgan fingerprint density at radius 2 is 2.24 bits per heavy atom. The third-order valence-corrected chi connectivity index (χ3v) is 3.69. The molecule has 2 heterocycles. The van der Waals surface area contributed by atoms with E-state index < -0.39 is 12.1 Å². The number of ether oxygens (including phenoxy) is 1. The fourth-order valence-corrected chi connectivity index (χ4v) is 2.33. The quantitative estimate of drug-likeness (QED) is 0.831. The number of morpholine rings is 1. The Labute approximate surface area is 126 Å². The van der Waals surface area contributed by atoms with Crippen LogP contribution in [0.4, 0.5) is 0 Å². The van der Waals surface area contributed by atoms with E-state index >= 15 is 0 Å². The number of carboxylic acids is 1. The van der Waals surface area contributed by atoms with Crippen LogP contribution in [0.3, 0.4) is 0 Å². The fraction of sp³-hybridized carbons (Fsp3) is 0.462. The van der Waals surface area contributed by atoms with Crippen LogP contribution in [-0.4, -0.2) is 57.5 Å². The van der Waals surface area contributed by atoms with Crippen LogP contribution in [0.15, 0.2) is 6.08 Å². The third kappa shape index (κ3) is 3.43. The van der Waals surface area contributed by atoms with Crippen molar-refractivity contribution in [2.75, 3.05) is 19.7 Å². The van der Waals surface area contributed by atoms with E-state index in [1.54, 1.807) is 20.0 Å². The number of carbonyl (C=O) groups is 2. The molecular weight excluding hydrogens is 298 g/mol. The van der Waals surface area contributed by atoms with Gasteiger partial charge in [-0.1, -0.05) is 11.6 Å². The highest BCUT2D eigenvalue weighted by molar-refractivity contribution is 6.31. The molecule has 0 aromatic carbocycles. The summed E-state index contributed by atoms with van der Waals surface area (Å²) < 4.78 is 6.60. The first-order valence-electron chi connectivity index (χ1n) is 6.40. The molecular formula is C13H16ClN3O4. The van der Waals surface area contributed by atoms with Crippen LogP contribution in [0.1, 0.15) is 11.3 Å². The molecule has 21 heavy (non-hydrogen) atoms. The number of halogens is 1. The number of amides is 1. The maximum absolute atomic E-state index is 12.1. The lowest BCUT2D eigenvalue weighted by Crippen LogP contribution is -2.48. The van der Waals surface area contributed by atoms with Crippen molar-refractivity contribution in [1.82, 2.24) is 14.7 Å². The monoisotopic (exact) mass is 313 g/mol. The number of aryl methyl sites for hydroxylation is 2. The van der Waals surface area contributed by atoms with Crippen molar-refractivity contribution in [2.24, 2.45) is 7.05 Å². The molecule has 1 N–H and O–H groups in total. The molecule has 1 aromatic heterocycles. The molecule has 0 spiro atoms. The second kappa shape index (κ2) is 6.28. The zero-order valence-electron chi connectivity index (χ0n) is 11.7. The van der Waals surface area contributed by atoms with Crippen LogP contribution in [0.5, 0.6) is 0 Å². The van der Waals surface area contributed by atoms with Crippen molar-refractivity contribution in [2.45, 2.75) is 13.0 Å². The smallest absolute Gasteiger partial charge is 0.334 e. The molecule has 0 aliphatic carbocycles. The van der Waals surface area contributed by atoms with Gasteiger partial charge in [0, 0.05) is 25.2 Å². The van der Waals surface area contributed by atoms with E-state index in [1.807, 2.05) is 0 Å². The maximum atomic E-state index is 12.1. The summed E-state index contributed by atoms with van der Waals surface area (Å²) in [5.74, 6) is -1.34. The van der Waals surface area contributed by atoms with Crippen LogP contribution in [-0.2, 0) is 21.4 Å². The van der Waals surface area contributed by atoms with E-state index in [0.29, 0.717) is 17.3 Å². The SMILES string of the molecule is Cc1nn(C)c(Cl)c1C=CC(=O)N1CCOC(C(=O)O)C1. The highest BCUT2D eigenvalue weighted by atomic mass is 35.5. The minimum Gasteiger partial charge on any atom is -0.479 e. The Kier molecular flexibility index (Phi) is 4.64. The Hall–Kier alpha value is -1.86. The summed E-state index contributed by atoms with van der Waals surface area (Å²) in [5.41, 5.74) is 1.40. The normalized spacial score (nSPS) is 19.2. The number of carboxylic acid groups (broad SMARTS) is 1. The van der Waals surface area contributed by atoms with Gasteiger partial charge in [0.1, 0.15) is 5.15 Å². The van der Waals surface area contributed by atoms with Gasteiger partial charge in [-0.3, -0.25) is 9.48 Å². The van der Waals surface area contributed by atoms with Gasteiger partial charge in [-0.05, 0) is 13.0 Å². The summed E-state index contributed by atoms with van der Waals surface area (Å²) in [6.07, 6.45) is 2.00. The Morgan fingerprint density at radius 1 is 1.52 bits per heavy atom. The van der Waals surface area contributed by atoms with E-state index in [9.17, 15) is 9.59 Å². The van der Waals surface area contributed by atoms with E-state index in [1.165, 1.54) is 15.7 Å². The van der Waals surface area contributed by atoms with Gasteiger partial charge in [0.25, 0.3) is 0 Å². The second-order valence-electron chi connectivity index (χ2n) is 4.73. The molecule has 1 amide bonds. The van der Waals surface area contributed by atoms with Gasteiger partial charge in [0.2, 0.25) is 5.91 Å². The molecule has 1 fully saturated rings. The van der Waals surface area contributed by atoms with Crippen molar-refractivity contribution < 1.29 is 19.4 Å². The molecule has 1 aromatic rings. The molecule has 0 bridgehead atoms. The second-order valence-corrected chi connectivity index (χ2v) is 5.09. The van der Waals surface area contributed by atoms with Gasteiger partial charge in [0.05, 0.1) is 18.8 Å². The van der Waals surface area contributed by atoms with Crippen LogP contribution >= 0.6 is 11.6 Å². The van der Waals surface area contributed by atoms with Gasteiger partial charge in [0.15, 0.2) is 6.10 Å². The Morgan fingerprint density at radius 3 is 2.81 bits per heavy atom. The summed E-state index contributed by atoms with van der Waals surface area (Å²) in [5, 5.41) is 13.5. The minimum atomic E-state index is -1.07. The summed E-state index contributed by atoms with van der Waals surface area (Å²) in [6, 6.07) is 0. The molecule has 0 saturated carbocycles. The van der Waals surface area contributed by atoms with Gasteiger partial charge in [-0.15, -0.1) is 0 Å². The highest BCUT2D eigenvalue weighted by Gasteiger charge is 2.28. The van der Waals surface area contributed by atoms with E-state index in [2.05, 4.69) is 5.10 Å². The number of rotatable bonds is 3. The summed E-state index contributed by atoms with van der Waals surface area (Å²) >= 11 is 6.07. The topological polar surface area (TPSA) is 84.7 Å². The lowest BCUT2D eigenvalue weighted by molar-refractivity contribution is -0.158. The predicted octanol–water partition coefficient (Wildman–Crippen LogP) is 0.707. The molecule has 1 unspecified atom stereocenters. The van der Waals surface area contributed by atoms with Crippen LogP contribution < -0.4 is 0 Å². The van der Waals surface area contributed by atoms with Crippen LogP contribution in [0, 0.1) is 6.92 Å². The molecule has 1 saturated heterocycles. The molecule has 1 aliphatic rings. The standard InChI is InChI=1S/C13H16ClN3O4/c1-8-9(12(14)16(2)15-8)3-4-11(18)17-5-6-21-10(7-17)13(19)20/h3-4,10H,5-7H2,1-2H3,(H,19,20). The van der Waals surface area contributed by atoms with Gasteiger partial charge < -0.3 is 14.7 Å². The van der Waals surface area contributed by atoms with E-state index in [-0.39, 0.29) is 19.1 Å². The van der Waals surface area contributed by atoms with Crippen molar-refractivity contribution in [3.63, 3.8) is 0 Å². The molecule has 1 aliphatic heterocycles. The van der Waals surface area contributed by atoms with Crippen molar-refractivity contribution in [3.05, 3.63) is 22.5 Å². The number of hydrogen-bond donors (Lipinski definition) is 1. The zero-order valence-corrected chi connectivity index (χ0v) is 12.5. The molecule has 2 rings (SSSR count). The van der Waals surface area contributed by atoms with E-state index in [4.69, 9.17) is 21.4 Å². The molecule has 0 radical (unpaired) electrons. The van der Waals surface area contributed by atoms with Crippen LogP contribution in [0.2, 0.25) is 5.15 Å². The van der Waals surface area contributed by atoms with Crippen molar-refractivity contribution >= 4 is 29.6 Å². The number of aliphatic carboxylic acids is 1. The largest absolute Gasteiger partial charge is 0.479 e. The maximum Gasteiger partial charge on any atom is 0.334 e. The predicted molar refractivity (Wildman–Crippen MR) is 75.9 cm³/mol. The lowest BCUT2D eigenvalue weighted by atomic mass is 10.2. The Balaban J connectivity index is 2.07. The average molecular weight is 314 g/mol. The number of nitrogens with zero attached hydrogens (tertiary/aromatic N) is 3. The van der Waals surface area contributed by atoms with Crippen molar-refractivity contribution in [1.29, 1.82) is 0 Å². The number of hydrogen-bond acceptors (Lipinski definition) is 4. The van der Waals surface area contributed by atoms with Gasteiger partial charge in [-0.25, -0.2) is 4.79 Å². The fourth-order valence-electron chi connectivity index (χ4n) is 2.09. The number of carbonyl (C=O) groups excluding carboxylic acids is 1. The molecule has 7 nitrogen and oxygen atoms in total. The molecule has 8 heteroatoms.